The average molecular weight is 412 g/mol. The fraction of sp³-hybridized carbons (Fsp3) is 0.667. The predicted octanol–water partition coefficient (Wildman–Crippen LogP) is 7.65. The third kappa shape index (κ3) is 7.24. The standard InChI is InChI=1S/C27H38FNO/c1-2-3-4-5-21-10-12-24(13-11-21)25-14-16-27(17-15-25)30-20-23-8-6-22(7-9-23)18-26(28)19-29/h10-13,18,22-23,25,27H,2-9,14-17,20H2,1H3. The van der Waals surface area contributed by atoms with Crippen LogP contribution in [0.2, 0.25) is 0 Å². The van der Waals surface area contributed by atoms with Gasteiger partial charge in [0, 0.05) is 6.61 Å². The van der Waals surface area contributed by atoms with Gasteiger partial charge >= 0.3 is 0 Å². The summed E-state index contributed by atoms with van der Waals surface area (Å²) in [5.41, 5.74) is 2.98. The molecule has 2 fully saturated rings. The third-order valence-electron chi connectivity index (χ3n) is 7.14. The van der Waals surface area contributed by atoms with Gasteiger partial charge in [-0.25, -0.2) is 0 Å². The van der Waals surface area contributed by atoms with Crippen LogP contribution in [0.3, 0.4) is 0 Å². The lowest BCUT2D eigenvalue weighted by molar-refractivity contribution is -0.00340. The van der Waals surface area contributed by atoms with E-state index in [2.05, 4.69) is 31.2 Å². The zero-order valence-corrected chi connectivity index (χ0v) is 18.6. The van der Waals surface area contributed by atoms with Crippen molar-refractivity contribution in [2.45, 2.75) is 96.0 Å². The van der Waals surface area contributed by atoms with Gasteiger partial charge in [0.2, 0.25) is 0 Å². The van der Waals surface area contributed by atoms with E-state index in [-0.39, 0.29) is 5.92 Å². The summed E-state index contributed by atoms with van der Waals surface area (Å²) in [6.07, 6.45) is 15.9. The smallest absolute Gasteiger partial charge is 0.196 e. The van der Waals surface area contributed by atoms with E-state index in [0.717, 1.165) is 45.1 Å². The number of hydrogen-bond acceptors (Lipinski definition) is 2. The third-order valence-corrected chi connectivity index (χ3v) is 7.14. The number of aryl methyl sites for hydroxylation is 1. The maximum absolute atomic E-state index is 13.1. The van der Waals surface area contributed by atoms with E-state index in [4.69, 9.17) is 10.00 Å². The summed E-state index contributed by atoms with van der Waals surface area (Å²) in [7, 11) is 0. The zero-order valence-electron chi connectivity index (χ0n) is 18.6. The van der Waals surface area contributed by atoms with Crippen molar-refractivity contribution in [1.82, 2.24) is 0 Å². The highest BCUT2D eigenvalue weighted by Crippen LogP contribution is 2.36. The number of allylic oxidation sites excluding steroid dienone is 2. The van der Waals surface area contributed by atoms with Gasteiger partial charge in [-0.05, 0) is 99.2 Å². The quantitative estimate of drug-likeness (QED) is 0.309. The second-order valence-electron chi connectivity index (χ2n) is 9.41. The van der Waals surface area contributed by atoms with Gasteiger partial charge in [0.1, 0.15) is 6.07 Å². The SMILES string of the molecule is CCCCCc1ccc(C2CCC(OCC3CCC(C=C(F)C#N)CC3)CC2)cc1. The molecule has 1 aromatic carbocycles. The topological polar surface area (TPSA) is 33.0 Å². The molecule has 0 N–H and O–H groups in total. The summed E-state index contributed by atoms with van der Waals surface area (Å²) < 4.78 is 19.4. The number of halogens is 1. The molecule has 3 rings (SSSR count). The van der Waals surface area contributed by atoms with Gasteiger partial charge < -0.3 is 4.74 Å². The normalized spacial score (nSPS) is 27.6. The minimum absolute atomic E-state index is 0.231. The monoisotopic (exact) mass is 411 g/mol. The van der Waals surface area contributed by atoms with E-state index in [1.54, 1.807) is 6.07 Å². The Balaban J connectivity index is 1.34. The van der Waals surface area contributed by atoms with Crippen molar-refractivity contribution in [3.05, 3.63) is 47.3 Å². The summed E-state index contributed by atoms with van der Waals surface area (Å²) in [6.45, 7) is 3.10. The Bertz CT molecular complexity index is 689. The Morgan fingerprint density at radius 1 is 1.03 bits per heavy atom. The number of benzene rings is 1. The van der Waals surface area contributed by atoms with E-state index in [9.17, 15) is 4.39 Å². The van der Waals surface area contributed by atoms with Crippen LogP contribution in [0, 0.1) is 23.2 Å². The second-order valence-corrected chi connectivity index (χ2v) is 9.41. The Hall–Kier alpha value is -1.66. The molecule has 0 spiro atoms. The van der Waals surface area contributed by atoms with Crippen molar-refractivity contribution in [3.8, 4) is 6.07 Å². The van der Waals surface area contributed by atoms with Crippen LogP contribution in [0.5, 0.6) is 0 Å². The zero-order chi connectivity index (χ0) is 21.2. The maximum atomic E-state index is 13.1. The Kier molecular flexibility index (Phi) is 9.40. The highest BCUT2D eigenvalue weighted by atomic mass is 19.1. The molecular weight excluding hydrogens is 373 g/mol. The van der Waals surface area contributed by atoms with Gasteiger partial charge in [-0.1, -0.05) is 44.0 Å². The lowest BCUT2D eigenvalue weighted by Crippen LogP contribution is -2.25. The van der Waals surface area contributed by atoms with Crippen LogP contribution in [0.15, 0.2) is 36.2 Å². The molecule has 0 aliphatic heterocycles. The Morgan fingerprint density at radius 3 is 2.37 bits per heavy atom. The van der Waals surface area contributed by atoms with Crippen molar-refractivity contribution >= 4 is 0 Å². The summed E-state index contributed by atoms with van der Waals surface area (Å²) in [5, 5.41) is 8.58. The molecule has 2 aliphatic carbocycles. The number of nitriles is 1. The van der Waals surface area contributed by atoms with Crippen molar-refractivity contribution < 1.29 is 9.13 Å². The highest BCUT2D eigenvalue weighted by Gasteiger charge is 2.25. The van der Waals surface area contributed by atoms with Crippen LogP contribution in [0.1, 0.15) is 94.6 Å². The van der Waals surface area contributed by atoms with Crippen LogP contribution >= 0.6 is 0 Å². The number of hydrogen-bond donors (Lipinski definition) is 0. The molecule has 0 unspecified atom stereocenters. The minimum Gasteiger partial charge on any atom is -0.378 e. The van der Waals surface area contributed by atoms with Crippen molar-refractivity contribution in [3.63, 3.8) is 0 Å². The molecule has 0 heterocycles. The van der Waals surface area contributed by atoms with Crippen molar-refractivity contribution in [1.29, 1.82) is 5.26 Å². The molecule has 0 atom stereocenters. The van der Waals surface area contributed by atoms with E-state index in [1.807, 2.05) is 0 Å². The van der Waals surface area contributed by atoms with Gasteiger partial charge in [-0.3, -0.25) is 0 Å². The van der Waals surface area contributed by atoms with Gasteiger partial charge in [0.25, 0.3) is 0 Å². The Labute approximate surface area is 182 Å². The maximum Gasteiger partial charge on any atom is 0.196 e. The number of unbranched alkanes of at least 4 members (excludes halogenated alkanes) is 2. The number of ether oxygens (including phenoxy) is 1. The van der Waals surface area contributed by atoms with Crippen molar-refractivity contribution in [2.75, 3.05) is 6.61 Å². The molecule has 2 saturated carbocycles. The molecule has 0 aromatic heterocycles. The number of rotatable bonds is 9. The summed E-state index contributed by atoms with van der Waals surface area (Å²) in [5.74, 6) is 0.886. The van der Waals surface area contributed by atoms with Crippen LogP contribution in [0.25, 0.3) is 0 Å². The molecule has 30 heavy (non-hydrogen) atoms. The number of nitrogens with zero attached hydrogens (tertiary/aromatic N) is 1. The minimum atomic E-state index is -0.627. The van der Waals surface area contributed by atoms with E-state index < -0.39 is 5.83 Å². The van der Waals surface area contributed by atoms with Crippen LogP contribution < -0.4 is 0 Å². The van der Waals surface area contributed by atoms with E-state index >= 15 is 0 Å². The first kappa shape index (κ1) is 23.0. The van der Waals surface area contributed by atoms with Crippen LogP contribution in [-0.2, 0) is 11.2 Å². The first-order valence-electron chi connectivity index (χ1n) is 12.2. The summed E-state index contributed by atoms with van der Waals surface area (Å²) in [4.78, 5) is 0. The molecule has 2 nitrogen and oxygen atoms in total. The second kappa shape index (κ2) is 12.3. The molecule has 2 aliphatic rings. The first-order chi connectivity index (χ1) is 14.7. The lowest BCUT2D eigenvalue weighted by Gasteiger charge is -2.32. The van der Waals surface area contributed by atoms with Gasteiger partial charge in [0.05, 0.1) is 6.10 Å². The first-order valence-corrected chi connectivity index (χ1v) is 12.2. The summed E-state index contributed by atoms with van der Waals surface area (Å²) in [6, 6.07) is 11.0. The molecule has 0 radical (unpaired) electrons. The molecule has 0 amide bonds. The average Bonchev–Trinajstić information content (AvgIpc) is 2.79. The fourth-order valence-electron chi connectivity index (χ4n) is 5.14. The lowest BCUT2D eigenvalue weighted by atomic mass is 9.81. The van der Waals surface area contributed by atoms with Gasteiger partial charge in [-0.15, -0.1) is 0 Å². The molecule has 164 valence electrons. The molecule has 0 saturated heterocycles. The van der Waals surface area contributed by atoms with E-state index in [0.29, 0.717) is 17.9 Å². The van der Waals surface area contributed by atoms with E-state index in [1.165, 1.54) is 55.7 Å². The summed E-state index contributed by atoms with van der Waals surface area (Å²) >= 11 is 0. The molecule has 0 bridgehead atoms. The van der Waals surface area contributed by atoms with Crippen LogP contribution in [-0.4, -0.2) is 12.7 Å². The largest absolute Gasteiger partial charge is 0.378 e. The fourth-order valence-corrected chi connectivity index (χ4v) is 5.14. The van der Waals surface area contributed by atoms with Gasteiger partial charge in [-0.2, -0.15) is 9.65 Å². The van der Waals surface area contributed by atoms with Crippen LogP contribution in [0.4, 0.5) is 4.39 Å². The molecule has 3 heteroatoms. The van der Waals surface area contributed by atoms with Gasteiger partial charge in [0.15, 0.2) is 5.83 Å². The Morgan fingerprint density at radius 2 is 1.73 bits per heavy atom. The highest BCUT2D eigenvalue weighted by molar-refractivity contribution is 5.26. The molecule has 1 aromatic rings. The molecular formula is C27H38FNO. The van der Waals surface area contributed by atoms with Crippen molar-refractivity contribution in [2.24, 2.45) is 11.8 Å². The predicted molar refractivity (Wildman–Crippen MR) is 121 cm³/mol.